The van der Waals surface area contributed by atoms with Crippen LogP contribution in [0.3, 0.4) is 0 Å². The van der Waals surface area contributed by atoms with Crippen molar-refractivity contribution in [1.82, 2.24) is 9.88 Å². The van der Waals surface area contributed by atoms with E-state index in [0.29, 0.717) is 17.1 Å². The number of nitrogens with zero attached hydrogens (tertiary/aromatic N) is 2. The number of hydrogen-bond donors (Lipinski definition) is 1. The number of benzene rings is 2. The molecule has 3 aromatic rings. The third kappa shape index (κ3) is 3.04. The molecule has 0 aliphatic carbocycles. The van der Waals surface area contributed by atoms with Crippen LogP contribution >= 0.6 is 11.6 Å². The lowest BCUT2D eigenvalue weighted by molar-refractivity contribution is 0.0728. The van der Waals surface area contributed by atoms with Gasteiger partial charge in [0.25, 0.3) is 5.91 Å². The van der Waals surface area contributed by atoms with Gasteiger partial charge in [0.05, 0.1) is 22.0 Å². The minimum atomic E-state index is -0.362. The summed E-state index contributed by atoms with van der Waals surface area (Å²) in [6.07, 6.45) is 1.35. The zero-order chi connectivity index (χ0) is 18.1. The summed E-state index contributed by atoms with van der Waals surface area (Å²) in [6, 6.07) is 19.4. The summed E-state index contributed by atoms with van der Waals surface area (Å²) >= 11 is 6.39. The predicted molar refractivity (Wildman–Crippen MR) is 103 cm³/mol. The van der Waals surface area contributed by atoms with Crippen molar-refractivity contribution in [2.24, 2.45) is 0 Å². The summed E-state index contributed by atoms with van der Waals surface area (Å²) in [6.45, 7) is 2.49. The van der Waals surface area contributed by atoms with E-state index in [0.717, 1.165) is 22.5 Å². The second-order valence-electron chi connectivity index (χ2n) is 6.39. The lowest BCUT2D eigenvalue weighted by Crippen LogP contribution is -2.32. The van der Waals surface area contributed by atoms with Crippen LogP contribution in [0.4, 0.5) is 5.69 Å². The van der Waals surface area contributed by atoms with E-state index in [4.69, 9.17) is 11.6 Å². The van der Waals surface area contributed by atoms with E-state index in [1.54, 1.807) is 17.2 Å². The van der Waals surface area contributed by atoms with Gasteiger partial charge in [0.15, 0.2) is 0 Å². The van der Waals surface area contributed by atoms with Crippen LogP contribution in [-0.4, -0.2) is 15.8 Å². The van der Waals surface area contributed by atoms with Crippen LogP contribution in [0.15, 0.2) is 66.9 Å². The minimum absolute atomic E-state index is 0.0299. The van der Waals surface area contributed by atoms with Gasteiger partial charge in [0.1, 0.15) is 6.17 Å². The number of aromatic nitrogens is 1. The van der Waals surface area contributed by atoms with Crippen molar-refractivity contribution in [3.05, 3.63) is 94.3 Å². The average molecular weight is 364 g/mol. The Morgan fingerprint density at radius 2 is 1.92 bits per heavy atom. The molecule has 1 aliphatic rings. The highest BCUT2D eigenvalue weighted by Gasteiger charge is 2.38. The number of aryl methyl sites for hydroxylation is 1. The Balaban J connectivity index is 1.71. The van der Waals surface area contributed by atoms with E-state index in [-0.39, 0.29) is 12.1 Å². The zero-order valence-electron chi connectivity index (χ0n) is 14.3. The fraction of sp³-hybridized carbons (Fsp3) is 0.143. The lowest BCUT2D eigenvalue weighted by atomic mass is 10.2. The van der Waals surface area contributed by atoms with Crippen molar-refractivity contribution in [1.29, 1.82) is 0 Å². The number of anilines is 1. The molecule has 0 saturated heterocycles. The van der Waals surface area contributed by atoms with E-state index in [1.807, 2.05) is 61.5 Å². The molecule has 1 aromatic heterocycles. The van der Waals surface area contributed by atoms with Crippen LogP contribution in [0.25, 0.3) is 0 Å². The second-order valence-corrected chi connectivity index (χ2v) is 6.79. The monoisotopic (exact) mass is 363 g/mol. The zero-order valence-corrected chi connectivity index (χ0v) is 15.1. The van der Waals surface area contributed by atoms with Gasteiger partial charge in [0, 0.05) is 12.7 Å². The summed E-state index contributed by atoms with van der Waals surface area (Å²) in [5.41, 5.74) is 4.29. The maximum atomic E-state index is 13.0. The van der Waals surface area contributed by atoms with Crippen LogP contribution in [0.2, 0.25) is 5.02 Å². The molecule has 1 aliphatic heterocycles. The Bertz CT molecular complexity index is 958. The first kappa shape index (κ1) is 16.6. The highest BCUT2D eigenvalue weighted by atomic mass is 35.5. The molecule has 0 bridgehead atoms. The fourth-order valence-corrected chi connectivity index (χ4v) is 3.50. The summed E-state index contributed by atoms with van der Waals surface area (Å²) in [5, 5.41) is 4.03. The van der Waals surface area contributed by atoms with Gasteiger partial charge in [-0.05, 0) is 42.3 Å². The Morgan fingerprint density at radius 1 is 1.12 bits per heavy atom. The number of halogens is 1. The summed E-state index contributed by atoms with van der Waals surface area (Å²) in [7, 11) is 0. The molecule has 0 unspecified atom stereocenters. The minimum Gasteiger partial charge on any atom is -0.359 e. The Hall–Kier alpha value is -2.85. The van der Waals surface area contributed by atoms with Gasteiger partial charge in [-0.1, -0.05) is 48.0 Å². The lowest BCUT2D eigenvalue weighted by Gasteiger charge is -2.27. The Morgan fingerprint density at radius 3 is 2.69 bits per heavy atom. The quantitative estimate of drug-likeness (QED) is 0.723. The number of pyridine rings is 1. The number of rotatable bonds is 4. The number of carbonyl (C=O) groups is 1. The molecule has 1 N–H and O–H groups in total. The van der Waals surface area contributed by atoms with Crippen LogP contribution < -0.4 is 5.32 Å². The molecule has 1 atom stereocenters. The molecule has 0 spiro atoms. The highest BCUT2D eigenvalue weighted by molar-refractivity contribution is 6.33. The third-order valence-electron chi connectivity index (χ3n) is 4.51. The van der Waals surface area contributed by atoms with Crippen molar-refractivity contribution in [3.63, 3.8) is 0 Å². The second kappa shape index (κ2) is 6.81. The van der Waals surface area contributed by atoms with E-state index in [2.05, 4.69) is 10.3 Å². The molecule has 4 rings (SSSR count). The van der Waals surface area contributed by atoms with Crippen molar-refractivity contribution in [2.45, 2.75) is 19.6 Å². The third-order valence-corrected chi connectivity index (χ3v) is 4.83. The highest BCUT2D eigenvalue weighted by Crippen LogP contribution is 2.36. The SMILES string of the molecule is Cc1ccc(N[C@@H]2c3ncccc3C(=O)N2Cc2ccccc2)c(Cl)c1. The van der Waals surface area contributed by atoms with Crippen molar-refractivity contribution >= 4 is 23.2 Å². The van der Waals surface area contributed by atoms with E-state index < -0.39 is 0 Å². The largest absolute Gasteiger partial charge is 0.359 e. The van der Waals surface area contributed by atoms with Crippen molar-refractivity contribution < 1.29 is 4.79 Å². The molecule has 5 heteroatoms. The molecular weight excluding hydrogens is 346 g/mol. The maximum Gasteiger partial charge on any atom is 0.258 e. The average Bonchev–Trinajstić information content (AvgIpc) is 2.91. The van der Waals surface area contributed by atoms with E-state index in [9.17, 15) is 4.79 Å². The Kier molecular flexibility index (Phi) is 4.35. The molecule has 0 radical (unpaired) electrons. The number of nitrogens with one attached hydrogen (secondary N) is 1. The van der Waals surface area contributed by atoms with Gasteiger partial charge in [-0.15, -0.1) is 0 Å². The van der Waals surface area contributed by atoms with Crippen molar-refractivity contribution in [2.75, 3.05) is 5.32 Å². The summed E-state index contributed by atoms with van der Waals surface area (Å²) in [5.74, 6) is -0.0299. The molecule has 26 heavy (non-hydrogen) atoms. The van der Waals surface area contributed by atoms with Gasteiger partial charge in [-0.2, -0.15) is 0 Å². The van der Waals surface area contributed by atoms with Crippen LogP contribution in [-0.2, 0) is 6.54 Å². The molecule has 2 heterocycles. The molecule has 0 saturated carbocycles. The first-order valence-corrected chi connectivity index (χ1v) is 8.84. The van der Waals surface area contributed by atoms with Gasteiger partial charge in [0.2, 0.25) is 0 Å². The smallest absolute Gasteiger partial charge is 0.258 e. The first-order chi connectivity index (χ1) is 12.6. The van der Waals surface area contributed by atoms with Gasteiger partial charge < -0.3 is 10.2 Å². The van der Waals surface area contributed by atoms with Crippen LogP contribution in [0, 0.1) is 6.92 Å². The normalized spacial score (nSPS) is 15.8. The van der Waals surface area contributed by atoms with Crippen LogP contribution in [0.5, 0.6) is 0 Å². The predicted octanol–water partition coefficient (Wildman–Crippen LogP) is 4.81. The fourth-order valence-electron chi connectivity index (χ4n) is 3.21. The van der Waals surface area contributed by atoms with Crippen molar-refractivity contribution in [3.8, 4) is 0 Å². The number of fused-ring (bicyclic) bond motifs is 1. The Labute approximate surface area is 157 Å². The molecule has 0 fully saturated rings. The molecule has 1 amide bonds. The van der Waals surface area contributed by atoms with E-state index >= 15 is 0 Å². The van der Waals surface area contributed by atoms with Crippen LogP contribution in [0.1, 0.15) is 33.3 Å². The molecule has 130 valence electrons. The maximum absolute atomic E-state index is 13.0. The number of amides is 1. The summed E-state index contributed by atoms with van der Waals surface area (Å²) < 4.78 is 0. The standard InChI is InChI=1S/C21H18ClN3O/c1-14-9-10-18(17(22)12-14)24-20-19-16(8-5-11-23-19)21(26)25(20)13-15-6-3-2-4-7-15/h2-12,20,24H,13H2,1H3/t20-/m0/s1. The first-order valence-electron chi connectivity index (χ1n) is 8.46. The molecule has 2 aromatic carbocycles. The molecule has 4 nitrogen and oxygen atoms in total. The van der Waals surface area contributed by atoms with E-state index in [1.165, 1.54) is 0 Å². The summed E-state index contributed by atoms with van der Waals surface area (Å²) in [4.78, 5) is 19.2. The topological polar surface area (TPSA) is 45.2 Å². The number of hydrogen-bond acceptors (Lipinski definition) is 3. The van der Waals surface area contributed by atoms with Gasteiger partial charge in [-0.3, -0.25) is 9.78 Å². The van der Waals surface area contributed by atoms with Gasteiger partial charge >= 0.3 is 0 Å². The van der Waals surface area contributed by atoms with Gasteiger partial charge in [-0.25, -0.2) is 0 Å². The molecular formula is C21H18ClN3O. The number of carbonyl (C=O) groups excluding carboxylic acids is 1.